The molecule has 1 aromatic rings. The monoisotopic (exact) mass is 205 g/mol. The fourth-order valence-corrected chi connectivity index (χ4v) is 1.45. The minimum atomic E-state index is -2.57. The minimum Gasteiger partial charge on any atom is -0.324 e. The van der Waals surface area contributed by atoms with Crippen molar-refractivity contribution in [2.75, 3.05) is 0 Å². The molecular weight excluding hydrogens is 196 g/mol. The van der Waals surface area contributed by atoms with Crippen LogP contribution in [0.5, 0.6) is 0 Å². The van der Waals surface area contributed by atoms with Crippen molar-refractivity contribution >= 4 is 11.6 Å². The largest absolute Gasteiger partial charge is 0.324 e. The van der Waals surface area contributed by atoms with E-state index in [1.54, 1.807) is 19.1 Å². The van der Waals surface area contributed by atoms with Crippen molar-refractivity contribution in [1.29, 1.82) is 0 Å². The summed E-state index contributed by atoms with van der Waals surface area (Å²) in [6.07, 6.45) is -2.57. The van der Waals surface area contributed by atoms with Gasteiger partial charge in [0.1, 0.15) is 0 Å². The highest BCUT2D eigenvalue weighted by atomic mass is 35.5. The molecule has 0 heterocycles. The first-order valence-electron chi connectivity index (χ1n) is 3.86. The van der Waals surface area contributed by atoms with Gasteiger partial charge in [0, 0.05) is 16.6 Å². The van der Waals surface area contributed by atoms with Crippen LogP contribution in [0.25, 0.3) is 0 Å². The van der Waals surface area contributed by atoms with Gasteiger partial charge in [-0.2, -0.15) is 0 Å². The molecule has 1 nitrogen and oxygen atoms in total. The Balaban J connectivity index is 3.26. The Labute approximate surface area is 80.5 Å². The third kappa shape index (κ3) is 2.17. The summed E-state index contributed by atoms with van der Waals surface area (Å²) in [7, 11) is 0. The van der Waals surface area contributed by atoms with Crippen LogP contribution in [-0.2, 0) is 0 Å². The van der Waals surface area contributed by atoms with Crippen LogP contribution in [0, 0.1) is 0 Å². The summed E-state index contributed by atoms with van der Waals surface area (Å²) >= 11 is 5.63. The average molecular weight is 206 g/mol. The van der Waals surface area contributed by atoms with Gasteiger partial charge in [-0.15, -0.1) is 0 Å². The summed E-state index contributed by atoms with van der Waals surface area (Å²) in [5.41, 5.74) is 5.78. The van der Waals surface area contributed by atoms with Crippen LogP contribution >= 0.6 is 11.6 Å². The lowest BCUT2D eigenvalue weighted by Crippen LogP contribution is -2.08. The van der Waals surface area contributed by atoms with Gasteiger partial charge in [-0.1, -0.05) is 23.7 Å². The maximum Gasteiger partial charge on any atom is 0.265 e. The Morgan fingerprint density at radius 1 is 1.38 bits per heavy atom. The molecule has 1 rings (SSSR count). The van der Waals surface area contributed by atoms with E-state index in [1.807, 2.05) is 0 Å². The van der Waals surface area contributed by atoms with Crippen molar-refractivity contribution < 1.29 is 8.78 Å². The molecule has 0 aliphatic rings. The summed E-state index contributed by atoms with van der Waals surface area (Å²) in [4.78, 5) is 0. The molecule has 0 aromatic heterocycles. The standard InChI is InChI=1S/C9H10ClF2N/c1-5(13)6-3-2-4-7(10)8(6)9(11)12/h2-5,9H,13H2,1H3. The molecule has 0 saturated carbocycles. The number of benzene rings is 1. The molecule has 0 spiro atoms. The van der Waals surface area contributed by atoms with E-state index in [0.29, 0.717) is 5.56 Å². The molecule has 0 radical (unpaired) electrons. The first-order valence-corrected chi connectivity index (χ1v) is 4.24. The Kier molecular flexibility index (Phi) is 3.22. The van der Waals surface area contributed by atoms with Gasteiger partial charge in [-0.05, 0) is 18.6 Å². The summed E-state index contributed by atoms with van der Waals surface area (Å²) in [5, 5.41) is 0.0739. The van der Waals surface area contributed by atoms with Crippen LogP contribution in [0.4, 0.5) is 8.78 Å². The van der Waals surface area contributed by atoms with E-state index in [2.05, 4.69) is 0 Å². The summed E-state index contributed by atoms with van der Waals surface area (Å²) in [6.45, 7) is 1.65. The van der Waals surface area contributed by atoms with Crippen molar-refractivity contribution in [2.45, 2.75) is 19.4 Å². The second kappa shape index (κ2) is 4.03. The maximum atomic E-state index is 12.5. The van der Waals surface area contributed by atoms with Crippen LogP contribution in [0.1, 0.15) is 30.5 Å². The molecule has 1 unspecified atom stereocenters. The molecule has 0 saturated heterocycles. The van der Waals surface area contributed by atoms with Gasteiger partial charge in [-0.25, -0.2) is 8.78 Å². The highest BCUT2D eigenvalue weighted by Crippen LogP contribution is 2.32. The third-order valence-electron chi connectivity index (χ3n) is 1.80. The fourth-order valence-electron chi connectivity index (χ4n) is 1.18. The number of hydrogen-bond acceptors (Lipinski definition) is 1. The van der Waals surface area contributed by atoms with Crippen molar-refractivity contribution in [2.24, 2.45) is 5.73 Å². The molecule has 4 heteroatoms. The predicted molar refractivity (Wildman–Crippen MR) is 49.0 cm³/mol. The molecule has 13 heavy (non-hydrogen) atoms. The molecular formula is C9H10ClF2N. The molecule has 0 aliphatic carbocycles. The highest BCUT2D eigenvalue weighted by Gasteiger charge is 2.18. The van der Waals surface area contributed by atoms with Crippen LogP contribution < -0.4 is 5.73 Å². The summed E-state index contributed by atoms with van der Waals surface area (Å²) in [5.74, 6) is 0. The number of nitrogens with two attached hydrogens (primary N) is 1. The zero-order valence-electron chi connectivity index (χ0n) is 7.10. The van der Waals surface area contributed by atoms with Crippen LogP contribution in [0.3, 0.4) is 0 Å². The Morgan fingerprint density at radius 3 is 2.38 bits per heavy atom. The molecule has 72 valence electrons. The lowest BCUT2D eigenvalue weighted by molar-refractivity contribution is 0.150. The molecule has 1 aromatic carbocycles. The van der Waals surface area contributed by atoms with E-state index >= 15 is 0 Å². The second-order valence-electron chi connectivity index (χ2n) is 2.83. The van der Waals surface area contributed by atoms with Crippen molar-refractivity contribution in [3.63, 3.8) is 0 Å². The first-order chi connectivity index (χ1) is 6.04. The Bertz CT molecular complexity index is 300. The molecule has 0 fully saturated rings. The number of hydrogen-bond donors (Lipinski definition) is 1. The number of halogens is 3. The van der Waals surface area contributed by atoms with Crippen molar-refractivity contribution in [3.8, 4) is 0 Å². The SMILES string of the molecule is CC(N)c1cccc(Cl)c1C(F)F. The van der Waals surface area contributed by atoms with Gasteiger partial charge >= 0.3 is 0 Å². The van der Waals surface area contributed by atoms with E-state index < -0.39 is 12.5 Å². The lowest BCUT2D eigenvalue weighted by Gasteiger charge is -2.13. The first kappa shape index (κ1) is 10.4. The van der Waals surface area contributed by atoms with Crippen LogP contribution in [0.15, 0.2) is 18.2 Å². The summed E-state index contributed by atoms with van der Waals surface area (Å²) in [6, 6.07) is 4.20. The van der Waals surface area contributed by atoms with E-state index in [4.69, 9.17) is 17.3 Å². The molecule has 2 N–H and O–H groups in total. The second-order valence-corrected chi connectivity index (χ2v) is 3.24. The van der Waals surface area contributed by atoms with E-state index in [1.165, 1.54) is 6.07 Å². The van der Waals surface area contributed by atoms with Crippen LogP contribution in [0.2, 0.25) is 5.02 Å². The average Bonchev–Trinajstić information content (AvgIpc) is 2.02. The lowest BCUT2D eigenvalue weighted by atomic mass is 10.0. The smallest absolute Gasteiger partial charge is 0.265 e. The van der Waals surface area contributed by atoms with E-state index in [9.17, 15) is 8.78 Å². The van der Waals surface area contributed by atoms with Crippen LogP contribution in [-0.4, -0.2) is 0 Å². The number of alkyl halides is 2. The van der Waals surface area contributed by atoms with Gasteiger partial charge in [0.2, 0.25) is 0 Å². The minimum absolute atomic E-state index is 0.0739. The van der Waals surface area contributed by atoms with Gasteiger partial charge in [0.15, 0.2) is 0 Å². The topological polar surface area (TPSA) is 26.0 Å². The highest BCUT2D eigenvalue weighted by molar-refractivity contribution is 6.31. The normalized spacial score (nSPS) is 13.4. The van der Waals surface area contributed by atoms with Gasteiger partial charge < -0.3 is 5.73 Å². The van der Waals surface area contributed by atoms with Gasteiger partial charge in [0.25, 0.3) is 6.43 Å². The van der Waals surface area contributed by atoms with Gasteiger partial charge in [0.05, 0.1) is 0 Å². The maximum absolute atomic E-state index is 12.5. The van der Waals surface area contributed by atoms with Crippen molar-refractivity contribution in [1.82, 2.24) is 0 Å². The molecule has 0 aliphatic heterocycles. The molecule has 0 bridgehead atoms. The van der Waals surface area contributed by atoms with E-state index in [-0.39, 0.29) is 10.6 Å². The quantitative estimate of drug-likeness (QED) is 0.788. The predicted octanol–water partition coefficient (Wildman–Crippen LogP) is 3.30. The Morgan fingerprint density at radius 2 is 2.00 bits per heavy atom. The van der Waals surface area contributed by atoms with Gasteiger partial charge in [-0.3, -0.25) is 0 Å². The number of rotatable bonds is 2. The van der Waals surface area contributed by atoms with E-state index in [0.717, 1.165) is 0 Å². The summed E-state index contributed by atoms with van der Waals surface area (Å²) < 4.78 is 25.0. The molecule has 0 amide bonds. The van der Waals surface area contributed by atoms with Crippen molar-refractivity contribution in [3.05, 3.63) is 34.3 Å². The Hall–Kier alpha value is -0.670. The zero-order chi connectivity index (χ0) is 10.0. The molecule has 1 atom stereocenters. The fraction of sp³-hybridized carbons (Fsp3) is 0.333. The third-order valence-corrected chi connectivity index (χ3v) is 2.13. The zero-order valence-corrected chi connectivity index (χ0v) is 7.85.